The molecule has 24 heavy (non-hydrogen) atoms. The number of hydrogen-bond acceptors (Lipinski definition) is 3. The van der Waals surface area contributed by atoms with Gasteiger partial charge >= 0.3 is 6.18 Å². The summed E-state index contributed by atoms with van der Waals surface area (Å²) in [6.45, 7) is 5.36. The van der Waals surface area contributed by atoms with Crippen molar-refractivity contribution in [2.75, 3.05) is 13.1 Å². The molecule has 3 nitrogen and oxygen atoms in total. The zero-order valence-electron chi connectivity index (χ0n) is 13.4. The smallest absolute Gasteiger partial charge is 0.338 e. The summed E-state index contributed by atoms with van der Waals surface area (Å²) >= 11 is 1.24. The average molecular weight is 354 g/mol. The number of nitrogens with zero attached hydrogens (tertiary/aromatic N) is 2. The Bertz CT molecular complexity index is 752. The Balaban J connectivity index is 1.85. The second kappa shape index (κ2) is 6.20. The van der Waals surface area contributed by atoms with Gasteiger partial charge in [0.2, 0.25) is 0 Å². The summed E-state index contributed by atoms with van der Waals surface area (Å²) in [6, 6.07) is 4.87. The van der Waals surface area contributed by atoms with Crippen molar-refractivity contribution in [3.8, 4) is 10.6 Å². The quantitative estimate of drug-likeness (QED) is 0.788. The van der Waals surface area contributed by atoms with E-state index in [0.717, 1.165) is 31.6 Å². The van der Waals surface area contributed by atoms with Gasteiger partial charge in [0.05, 0.1) is 11.3 Å². The van der Waals surface area contributed by atoms with Crippen LogP contribution in [0.4, 0.5) is 13.2 Å². The lowest BCUT2D eigenvalue weighted by molar-refractivity contribution is -0.137. The molecule has 1 fully saturated rings. The van der Waals surface area contributed by atoms with E-state index in [1.807, 2.05) is 4.90 Å². The Labute approximate surface area is 142 Å². The Hall–Kier alpha value is -1.89. The molecule has 1 saturated heterocycles. The molecule has 128 valence electrons. The zero-order valence-corrected chi connectivity index (χ0v) is 14.2. The minimum absolute atomic E-state index is 0.0347. The van der Waals surface area contributed by atoms with Gasteiger partial charge in [0.1, 0.15) is 9.88 Å². The number of alkyl halides is 3. The molecule has 1 aromatic heterocycles. The molecule has 1 aliphatic rings. The maximum absolute atomic E-state index is 12.6. The Morgan fingerprint density at radius 3 is 2.50 bits per heavy atom. The second-order valence-electron chi connectivity index (χ2n) is 6.15. The SMILES string of the molecule is Cc1nc(-c2ccc(C(F)(F)F)cc2)sc1C(=O)N1CC[C@@H](C)C1. The summed E-state index contributed by atoms with van der Waals surface area (Å²) in [4.78, 5) is 19.4. The fourth-order valence-electron chi connectivity index (χ4n) is 2.78. The molecular formula is C17H17F3N2OS. The number of rotatable bonds is 2. The van der Waals surface area contributed by atoms with Crippen LogP contribution in [0.3, 0.4) is 0 Å². The van der Waals surface area contributed by atoms with Gasteiger partial charge in [0, 0.05) is 18.7 Å². The Morgan fingerprint density at radius 2 is 1.96 bits per heavy atom. The van der Waals surface area contributed by atoms with Gasteiger partial charge in [-0.15, -0.1) is 11.3 Å². The Kier molecular flexibility index (Phi) is 4.38. The van der Waals surface area contributed by atoms with Crippen LogP contribution < -0.4 is 0 Å². The molecule has 0 saturated carbocycles. The van der Waals surface area contributed by atoms with E-state index in [2.05, 4.69) is 11.9 Å². The first-order valence-corrected chi connectivity index (χ1v) is 8.51. The summed E-state index contributed by atoms with van der Waals surface area (Å²) < 4.78 is 37.9. The molecule has 1 atom stereocenters. The van der Waals surface area contributed by atoms with Crippen LogP contribution in [-0.4, -0.2) is 28.9 Å². The molecular weight excluding hydrogens is 337 g/mol. The van der Waals surface area contributed by atoms with E-state index in [1.165, 1.54) is 23.5 Å². The van der Waals surface area contributed by atoms with E-state index < -0.39 is 11.7 Å². The molecule has 1 amide bonds. The number of thiazole rings is 1. The van der Waals surface area contributed by atoms with Gasteiger partial charge in [-0.25, -0.2) is 4.98 Å². The highest BCUT2D eigenvalue weighted by molar-refractivity contribution is 7.17. The summed E-state index contributed by atoms with van der Waals surface area (Å²) in [7, 11) is 0. The number of carbonyl (C=O) groups excluding carboxylic acids is 1. The van der Waals surface area contributed by atoms with E-state index >= 15 is 0 Å². The van der Waals surface area contributed by atoms with Crippen LogP contribution >= 0.6 is 11.3 Å². The fourth-order valence-corrected chi connectivity index (χ4v) is 3.82. The van der Waals surface area contributed by atoms with Crippen LogP contribution in [0.1, 0.15) is 34.3 Å². The number of hydrogen-bond donors (Lipinski definition) is 0. The lowest BCUT2D eigenvalue weighted by Crippen LogP contribution is -2.28. The largest absolute Gasteiger partial charge is 0.416 e. The van der Waals surface area contributed by atoms with Crippen LogP contribution in [0.15, 0.2) is 24.3 Å². The van der Waals surface area contributed by atoms with Gasteiger partial charge < -0.3 is 4.90 Å². The first-order chi connectivity index (χ1) is 11.3. The zero-order chi connectivity index (χ0) is 17.5. The predicted octanol–water partition coefficient (Wildman–Crippen LogP) is 4.62. The molecule has 2 aromatic rings. The Morgan fingerprint density at radius 1 is 1.29 bits per heavy atom. The van der Waals surface area contributed by atoms with Gasteiger partial charge in [0.15, 0.2) is 0 Å². The number of halogens is 3. The number of aryl methyl sites for hydroxylation is 1. The third-order valence-corrected chi connectivity index (χ3v) is 5.36. The van der Waals surface area contributed by atoms with E-state index in [-0.39, 0.29) is 5.91 Å². The topological polar surface area (TPSA) is 33.2 Å². The van der Waals surface area contributed by atoms with Crippen molar-refractivity contribution >= 4 is 17.2 Å². The van der Waals surface area contributed by atoms with Gasteiger partial charge in [-0.3, -0.25) is 4.79 Å². The highest BCUT2D eigenvalue weighted by Crippen LogP contribution is 2.33. The molecule has 0 unspecified atom stereocenters. The van der Waals surface area contributed by atoms with Gasteiger partial charge in [0.25, 0.3) is 5.91 Å². The van der Waals surface area contributed by atoms with Gasteiger partial charge in [-0.2, -0.15) is 13.2 Å². The molecule has 1 aromatic carbocycles. The van der Waals surface area contributed by atoms with Crippen molar-refractivity contribution in [1.29, 1.82) is 0 Å². The van der Waals surface area contributed by atoms with Crippen molar-refractivity contribution in [3.63, 3.8) is 0 Å². The van der Waals surface area contributed by atoms with Crippen molar-refractivity contribution in [3.05, 3.63) is 40.4 Å². The molecule has 1 aliphatic heterocycles. The highest BCUT2D eigenvalue weighted by atomic mass is 32.1. The molecule has 7 heteroatoms. The van der Waals surface area contributed by atoms with Gasteiger partial charge in [-0.1, -0.05) is 19.1 Å². The van der Waals surface area contributed by atoms with E-state index in [0.29, 0.717) is 27.1 Å². The van der Waals surface area contributed by atoms with Crippen LogP contribution in [0, 0.1) is 12.8 Å². The monoisotopic (exact) mass is 354 g/mol. The molecule has 0 aliphatic carbocycles. The number of likely N-dealkylation sites (tertiary alicyclic amines) is 1. The lowest BCUT2D eigenvalue weighted by Gasteiger charge is -2.14. The van der Waals surface area contributed by atoms with E-state index in [9.17, 15) is 18.0 Å². The normalized spacial score (nSPS) is 18.2. The molecule has 3 rings (SSSR count). The standard InChI is InChI=1S/C17H17F3N2OS/c1-10-7-8-22(9-10)16(23)14-11(2)21-15(24-14)12-3-5-13(6-4-12)17(18,19)20/h3-6,10H,7-9H2,1-2H3/t10-/m1/s1. The first kappa shape index (κ1) is 17.0. The lowest BCUT2D eigenvalue weighted by atomic mass is 10.1. The second-order valence-corrected chi connectivity index (χ2v) is 7.15. The third kappa shape index (κ3) is 3.31. The average Bonchev–Trinajstić information content (AvgIpc) is 3.12. The van der Waals surface area contributed by atoms with Crippen LogP contribution in [-0.2, 0) is 6.18 Å². The molecule has 2 heterocycles. The maximum Gasteiger partial charge on any atom is 0.416 e. The van der Waals surface area contributed by atoms with E-state index in [4.69, 9.17) is 0 Å². The van der Waals surface area contributed by atoms with Gasteiger partial charge in [-0.05, 0) is 31.4 Å². The van der Waals surface area contributed by atoms with E-state index in [1.54, 1.807) is 6.92 Å². The summed E-state index contributed by atoms with van der Waals surface area (Å²) in [5.74, 6) is 0.462. The minimum Gasteiger partial charge on any atom is -0.338 e. The van der Waals surface area contributed by atoms with Crippen LogP contribution in [0.2, 0.25) is 0 Å². The molecule has 0 bridgehead atoms. The number of aromatic nitrogens is 1. The third-order valence-electron chi connectivity index (χ3n) is 4.16. The van der Waals surface area contributed by atoms with Crippen LogP contribution in [0.25, 0.3) is 10.6 Å². The summed E-state index contributed by atoms with van der Waals surface area (Å²) in [6.07, 6.45) is -3.36. The number of benzene rings is 1. The number of carbonyl (C=O) groups is 1. The highest BCUT2D eigenvalue weighted by Gasteiger charge is 2.30. The fraction of sp³-hybridized carbons (Fsp3) is 0.412. The van der Waals surface area contributed by atoms with Crippen molar-refractivity contribution in [2.45, 2.75) is 26.4 Å². The number of amides is 1. The van der Waals surface area contributed by atoms with Crippen molar-refractivity contribution in [1.82, 2.24) is 9.88 Å². The molecule has 0 spiro atoms. The first-order valence-electron chi connectivity index (χ1n) is 7.70. The molecule has 0 radical (unpaired) electrons. The van der Waals surface area contributed by atoms with Crippen molar-refractivity contribution < 1.29 is 18.0 Å². The molecule has 0 N–H and O–H groups in total. The predicted molar refractivity (Wildman–Crippen MR) is 87.0 cm³/mol. The van der Waals surface area contributed by atoms with Crippen molar-refractivity contribution in [2.24, 2.45) is 5.92 Å². The maximum atomic E-state index is 12.6. The minimum atomic E-state index is -4.36. The van der Waals surface area contributed by atoms with Crippen LogP contribution in [0.5, 0.6) is 0 Å². The summed E-state index contributed by atoms with van der Waals surface area (Å²) in [5, 5.41) is 0.566. The summed E-state index contributed by atoms with van der Waals surface area (Å²) in [5.41, 5.74) is 0.520.